The number of hydrogen-bond donors (Lipinski definition) is 1. The summed E-state index contributed by atoms with van der Waals surface area (Å²) in [6, 6.07) is 14.1. The van der Waals surface area contributed by atoms with Gasteiger partial charge in [0.25, 0.3) is 0 Å². The quantitative estimate of drug-likeness (QED) is 0.631. The lowest BCUT2D eigenvalue weighted by atomic mass is 10.1. The highest BCUT2D eigenvalue weighted by molar-refractivity contribution is 7.14. The molecule has 0 aliphatic rings. The Bertz CT molecular complexity index is 909. The van der Waals surface area contributed by atoms with Crippen LogP contribution in [-0.2, 0) is 11.2 Å². The number of carbonyl (C=O) groups is 1. The minimum atomic E-state index is -0.939. The van der Waals surface area contributed by atoms with Gasteiger partial charge in [0.15, 0.2) is 0 Å². The molecule has 0 radical (unpaired) electrons. The Kier molecular flexibility index (Phi) is 4.51. The number of rotatable bonds is 4. The summed E-state index contributed by atoms with van der Waals surface area (Å²) in [6.45, 7) is 2.02. The molecule has 4 heteroatoms. The summed E-state index contributed by atoms with van der Waals surface area (Å²) in [4.78, 5) is 12.9. The van der Waals surface area contributed by atoms with E-state index >= 15 is 0 Å². The van der Waals surface area contributed by atoms with Gasteiger partial charge in [0.2, 0.25) is 0 Å². The molecular weight excluding hydrogens is 328 g/mol. The van der Waals surface area contributed by atoms with E-state index in [1.807, 2.05) is 31.2 Å². The van der Waals surface area contributed by atoms with Gasteiger partial charge in [0.05, 0.1) is 0 Å². The molecule has 0 fully saturated rings. The normalized spacial score (nSPS) is 11.4. The largest absolute Gasteiger partial charge is 0.478 e. The van der Waals surface area contributed by atoms with Crippen molar-refractivity contribution in [2.24, 2.45) is 0 Å². The highest BCUT2D eigenvalue weighted by atomic mass is 35.5. The van der Waals surface area contributed by atoms with Crippen LogP contribution >= 0.6 is 22.9 Å². The summed E-state index contributed by atoms with van der Waals surface area (Å²) in [5.74, 6) is -0.939. The molecule has 0 bridgehead atoms. The van der Waals surface area contributed by atoms with Crippen LogP contribution in [0.25, 0.3) is 16.8 Å². The lowest BCUT2D eigenvalue weighted by Crippen LogP contribution is -1.88. The summed E-state index contributed by atoms with van der Waals surface area (Å²) in [6.07, 6.45) is 3.59. The lowest BCUT2D eigenvalue weighted by molar-refractivity contribution is -0.131. The molecule has 1 heterocycles. The summed E-state index contributed by atoms with van der Waals surface area (Å²) >= 11 is 7.97. The first-order valence-corrected chi connectivity index (χ1v) is 8.40. The Morgan fingerprint density at radius 2 is 1.96 bits per heavy atom. The van der Waals surface area contributed by atoms with Crippen LogP contribution in [0.1, 0.15) is 20.9 Å². The number of aliphatic carboxylic acids is 1. The van der Waals surface area contributed by atoms with Crippen molar-refractivity contribution < 1.29 is 9.90 Å². The van der Waals surface area contributed by atoms with Gasteiger partial charge >= 0.3 is 5.97 Å². The summed E-state index contributed by atoms with van der Waals surface area (Å²) in [5, 5.41) is 11.8. The van der Waals surface area contributed by atoms with E-state index in [2.05, 4.69) is 18.2 Å². The molecule has 0 saturated carbocycles. The van der Waals surface area contributed by atoms with Gasteiger partial charge in [-0.2, -0.15) is 0 Å². The second kappa shape index (κ2) is 6.57. The molecule has 1 N–H and O–H groups in total. The standard InChI is InChI=1S/C19H15ClO2S/c1-12-6-7-13(16(20)10-12)11-18-15-5-3-2-4-14(15)17(23-18)8-9-19(21)22/h2-10H,11H2,1H3,(H,21,22)/b9-8-. The average Bonchev–Trinajstić information content (AvgIpc) is 2.86. The van der Waals surface area contributed by atoms with Crippen molar-refractivity contribution >= 4 is 45.8 Å². The number of aryl methyl sites for hydroxylation is 1. The van der Waals surface area contributed by atoms with Crippen molar-refractivity contribution in [3.8, 4) is 0 Å². The van der Waals surface area contributed by atoms with E-state index in [1.165, 1.54) is 11.0 Å². The lowest BCUT2D eigenvalue weighted by Gasteiger charge is -2.04. The molecule has 3 rings (SSSR count). The predicted octanol–water partition coefficient (Wildman–Crippen LogP) is 5.55. The summed E-state index contributed by atoms with van der Waals surface area (Å²) in [7, 11) is 0. The number of halogens is 1. The average molecular weight is 343 g/mol. The number of carboxylic acid groups (broad SMARTS) is 1. The smallest absolute Gasteiger partial charge is 0.328 e. The molecule has 116 valence electrons. The predicted molar refractivity (Wildman–Crippen MR) is 97.5 cm³/mol. The van der Waals surface area contributed by atoms with E-state index in [1.54, 1.807) is 17.4 Å². The van der Waals surface area contributed by atoms with Crippen LogP contribution in [0, 0.1) is 6.92 Å². The fourth-order valence-electron chi connectivity index (χ4n) is 2.55. The molecule has 2 nitrogen and oxygen atoms in total. The molecule has 0 spiro atoms. The Morgan fingerprint density at radius 3 is 2.65 bits per heavy atom. The molecule has 3 aromatic rings. The van der Waals surface area contributed by atoms with Crippen LogP contribution in [0.5, 0.6) is 0 Å². The first-order valence-electron chi connectivity index (χ1n) is 7.21. The first-order chi connectivity index (χ1) is 11.0. The minimum absolute atomic E-state index is 0.741. The van der Waals surface area contributed by atoms with E-state index in [9.17, 15) is 4.79 Å². The van der Waals surface area contributed by atoms with Crippen molar-refractivity contribution in [2.75, 3.05) is 0 Å². The SMILES string of the molecule is Cc1ccc(Cc2sc(/C=C\C(=O)O)c3ccccc23)c(Cl)c1. The van der Waals surface area contributed by atoms with Gasteiger partial charge < -0.3 is 5.11 Å². The van der Waals surface area contributed by atoms with Crippen molar-refractivity contribution in [2.45, 2.75) is 13.3 Å². The van der Waals surface area contributed by atoms with E-state index in [0.29, 0.717) is 0 Å². The maximum absolute atomic E-state index is 10.8. The van der Waals surface area contributed by atoms with Gasteiger partial charge in [0, 0.05) is 27.3 Å². The van der Waals surface area contributed by atoms with Gasteiger partial charge in [-0.25, -0.2) is 4.79 Å². The molecule has 0 atom stereocenters. The summed E-state index contributed by atoms with van der Waals surface area (Å²) < 4.78 is 0. The van der Waals surface area contributed by atoms with Crippen LogP contribution in [0.2, 0.25) is 5.02 Å². The second-order valence-corrected chi connectivity index (χ2v) is 6.92. The van der Waals surface area contributed by atoms with Crippen molar-refractivity contribution in [1.82, 2.24) is 0 Å². The van der Waals surface area contributed by atoms with E-state index in [-0.39, 0.29) is 0 Å². The molecule has 0 amide bonds. The van der Waals surface area contributed by atoms with Crippen LogP contribution in [0.15, 0.2) is 48.5 Å². The van der Waals surface area contributed by atoms with Crippen LogP contribution in [-0.4, -0.2) is 11.1 Å². The molecule has 23 heavy (non-hydrogen) atoms. The third-order valence-corrected chi connectivity index (χ3v) is 5.20. The van der Waals surface area contributed by atoms with E-state index in [4.69, 9.17) is 16.7 Å². The van der Waals surface area contributed by atoms with E-state index < -0.39 is 5.97 Å². The Hall–Kier alpha value is -2.10. The third kappa shape index (κ3) is 3.46. The van der Waals surface area contributed by atoms with Gasteiger partial charge in [-0.3, -0.25) is 0 Å². The number of hydrogen-bond acceptors (Lipinski definition) is 2. The second-order valence-electron chi connectivity index (χ2n) is 5.38. The van der Waals surface area contributed by atoms with Gasteiger partial charge in [0.1, 0.15) is 0 Å². The van der Waals surface area contributed by atoms with E-state index in [0.717, 1.165) is 38.2 Å². The summed E-state index contributed by atoms with van der Waals surface area (Å²) in [5.41, 5.74) is 2.22. The zero-order valence-corrected chi connectivity index (χ0v) is 14.1. The highest BCUT2D eigenvalue weighted by Gasteiger charge is 2.11. The molecule has 1 aromatic heterocycles. The fraction of sp³-hybridized carbons (Fsp3) is 0.105. The highest BCUT2D eigenvalue weighted by Crippen LogP contribution is 2.35. The maximum Gasteiger partial charge on any atom is 0.328 e. The Morgan fingerprint density at radius 1 is 1.22 bits per heavy atom. The van der Waals surface area contributed by atoms with Crippen LogP contribution in [0.3, 0.4) is 0 Å². The number of carboxylic acids is 1. The molecule has 0 aliphatic heterocycles. The molecule has 0 aliphatic carbocycles. The number of fused-ring (bicyclic) bond motifs is 1. The van der Waals surface area contributed by atoms with Gasteiger partial charge in [-0.05, 0) is 41.0 Å². The monoisotopic (exact) mass is 342 g/mol. The minimum Gasteiger partial charge on any atom is -0.478 e. The van der Waals surface area contributed by atoms with Crippen molar-refractivity contribution in [3.63, 3.8) is 0 Å². The number of benzene rings is 2. The molecular formula is C19H15ClO2S. The maximum atomic E-state index is 10.8. The van der Waals surface area contributed by atoms with Gasteiger partial charge in [-0.1, -0.05) is 48.0 Å². The van der Waals surface area contributed by atoms with Gasteiger partial charge in [-0.15, -0.1) is 11.3 Å². The molecule has 0 saturated heterocycles. The number of thiophene rings is 1. The third-order valence-electron chi connectivity index (χ3n) is 3.66. The zero-order chi connectivity index (χ0) is 16.4. The van der Waals surface area contributed by atoms with Crippen LogP contribution in [0.4, 0.5) is 0 Å². The zero-order valence-electron chi connectivity index (χ0n) is 12.5. The van der Waals surface area contributed by atoms with Crippen molar-refractivity contribution in [3.05, 3.63) is 74.4 Å². The molecule has 0 unspecified atom stereocenters. The Balaban J connectivity index is 2.05. The topological polar surface area (TPSA) is 37.3 Å². The van der Waals surface area contributed by atoms with Crippen molar-refractivity contribution in [1.29, 1.82) is 0 Å². The molecule has 2 aromatic carbocycles. The Labute approximate surface area is 143 Å². The first kappa shape index (κ1) is 15.8. The fourth-order valence-corrected chi connectivity index (χ4v) is 4.06. The van der Waals surface area contributed by atoms with Crippen LogP contribution < -0.4 is 0 Å².